The van der Waals surface area contributed by atoms with E-state index in [0.29, 0.717) is 54.5 Å². The summed E-state index contributed by atoms with van der Waals surface area (Å²) in [7, 11) is -1.56. The van der Waals surface area contributed by atoms with Crippen molar-refractivity contribution in [1.82, 2.24) is 28.6 Å². The summed E-state index contributed by atoms with van der Waals surface area (Å²) < 4.78 is 67.1. The van der Waals surface area contributed by atoms with Gasteiger partial charge in [0, 0.05) is 87.3 Å². The summed E-state index contributed by atoms with van der Waals surface area (Å²) in [6.07, 6.45) is -4.51. The van der Waals surface area contributed by atoms with Crippen molar-refractivity contribution in [3.8, 4) is 6.07 Å². The van der Waals surface area contributed by atoms with Gasteiger partial charge < -0.3 is 20.3 Å². The van der Waals surface area contributed by atoms with Crippen molar-refractivity contribution >= 4 is 54.2 Å². The summed E-state index contributed by atoms with van der Waals surface area (Å²) in [5, 5.41) is 27.6. The molecular weight excluding hydrogens is 692 g/mol. The van der Waals surface area contributed by atoms with E-state index in [-0.39, 0.29) is 22.9 Å². The molecule has 0 amide bonds. The summed E-state index contributed by atoms with van der Waals surface area (Å²) in [4.78, 5) is 13.6. The second-order valence-corrected chi connectivity index (χ2v) is 16.3. The number of aliphatic hydroxyl groups is 1. The highest BCUT2D eigenvalue weighted by Crippen LogP contribution is 2.40. The first-order chi connectivity index (χ1) is 23.7. The van der Waals surface area contributed by atoms with Crippen LogP contribution in [0.4, 0.5) is 24.9 Å². The average molecular weight is 734 g/mol. The Hall–Kier alpha value is -3.53. The summed E-state index contributed by atoms with van der Waals surface area (Å²) in [6.45, 7) is 9.40. The normalized spacial score (nSPS) is 18.8. The predicted molar refractivity (Wildman–Crippen MR) is 189 cm³/mol. The fraction of sp³-hybridized carbons (Fsp3) is 0.545. The van der Waals surface area contributed by atoms with Crippen LogP contribution in [0.25, 0.3) is 21.1 Å². The minimum absolute atomic E-state index is 0.0529. The molecule has 0 bridgehead atoms. The van der Waals surface area contributed by atoms with E-state index in [4.69, 9.17) is 0 Å². The molecule has 0 radical (unpaired) electrons. The number of nitrogens with one attached hydrogen (secondary N) is 2. The number of hydrogen-bond donors (Lipinski definition) is 3. The van der Waals surface area contributed by atoms with Gasteiger partial charge in [-0.05, 0) is 56.0 Å². The summed E-state index contributed by atoms with van der Waals surface area (Å²) in [5.41, 5.74) is 3.91. The third kappa shape index (κ3) is 7.55. The van der Waals surface area contributed by atoms with Crippen LogP contribution in [0, 0.1) is 18.3 Å². The Morgan fingerprint density at radius 3 is 2.42 bits per heavy atom. The third-order valence-electron chi connectivity index (χ3n) is 9.93. The molecular formula is C33H42F3N9O3S2. The number of benzene rings is 1. The van der Waals surface area contributed by atoms with Crippen molar-refractivity contribution < 1.29 is 26.7 Å². The Morgan fingerprint density at radius 2 is 1.80 bits per heavy atom. The van der Waals surface area contributed by atoms with Gasteiger partial charge in [-0.1, -0.05) is 6.07 Å². The summed E-state index contributed by atoms with van der Waals surface area (Å²) >= 11 is 0.805. The number of nitriles is 1. The molecule has 50 heavy (non-hydrogen) atoms. The van der Waals surface area contributed by atoms with E-state index in [1.54, 1.807) is 7.05 Å². The fourth-order valence-electron chi connectivity index (χ4n) is 6.97. The van der Waals surface area contributed by atoms with Crippen LogP contribution in [0.1, 0.15) is 47.6 Å². The van der Waals surface area contributed by atoms with E-state index in [2.05, 4.69) is 67.0 Å². The van der Waals surface area contributed by atoms with Gasteiger partial charge in [0.1, 0.15) is 22.4 Å². The second-order valence-electron chi connectivity index (χ2n) is 13.2. The topological polar surface area (TPSA) is 143 Å². The molecule has 2 aliphatic rings. The average Bonchev–Trinajstić information content (AvgIpc) is 3.67. The number of fused-ring (bicyclic) bond motifs is 2. The molecule has 1 aromatic carbocycles. The highest BCUT2D eigenvalue weighted by Gasteiger charge is 2.41. The highest BCUT2D eigenvalue weighted by molar-refractivity contribution is 7.88. The molecule has 5 heterocycles. The number of alkyl halides is 3. The van der Waals surface area contributed by atoms with E-state index in [0.717, 1.165) is 60.3 Å². The van der Waals surface area contributed by atoms with Crippen LogP contribution in [0.15, 0.2) is 24.3 Å². The number of piperazine rings is 1. The Morgan fingerprint density at radius 1 is 1.10 bits per heavy atom. The third-order valence-corrected chi connectivity index (χ3v) is 12.3. The number of aromatic nitrogens is 3. The van der Waals surface area contributed by atoms with E-state index in [1.165, 1.54) is 22.2 Å². The monoisotopic (exact) mass is 733 g/mol. The number of rotatable bonds is 10. The maximum absolute atomic E-state index is 13.2. The first kappa shape index (κ1) is 36.3. The van der Waals surface area contributed by atoms with Crippen molar-refractivity contribution in [2.45, 2.75) is 64.1 Å². The molecule has 3 aromatic heterocycles. The van der Waals surface area contributed by atoms with Crippen LogP contribution in [0.2, 0.25) is 0 Å². The molecule has 1 unspecified atom stereocenters. The molecule has 0 saturated carbocycles. The molecule has 2 fully saturated rings. The SMILES string of the molecule is CNc1nc(NC2CCN(Cc3ccc4c(cc(C#N)n4CC(C)N4CCN(S(C)(=O)=O)CC4)c3C)CC2)c2cc([C@H](O)C(F)(F)F)sc2n1. The van der Waals surface area contributed by atoms with E-state index in [9.17, 15) is 32.0 Å². The van der Waals surface area contributed by atoms with Crippen molar-refractivity contribution in [2.75, 3.05) is 63.2 Å². The Labute approximate surface area is 293 Å². The van der Waals surface area contributed by atoms with Crippen molar-refractivity contribution in [1.29, 1.82) is 5.26 Å². The molecule has 0 aliphatic carbocycles. The number of sulfonamides is 1. The van der Waals surface area contributed by atoms with E-state index in [1.807, 2.05) is 6.07 Å². The lowest BCUT2D eigenvalue weighted by Gasteiger charge is -2.37. The van der Waals surface area contributed by atoms with Gasteiger partial charge in [-0.15, -0.1) is 11.3 Å². The zero-order valence-electron chi connectivity index (χ0n) is 28.5. The van der Waals surface area contributed by atoms with Gasteiger partial charge in [-0.25, -0.2) is 13.4 Å². The number of hydrogen-bond acceptors (Lipinski definition) is 11. The molecule has 3 N–H and O–H groups in total. The number of anilines is 2. The standard InChI is InChI=1S/C33H42F3N9O3S2/c1-20(43-11-13-44(14-12-43)50(4,47)48)18-45-24(17-37)15-25-21(2)22(5-6-27(25)45)19-42-9-7-23(8-10-42)39-30-26-16-28(29(46)33(34,35)36)49-31(26)41-32(38-3)40-30/h5-6,15-16,20,23,29,46H,7-14,18-19H2,1-4H3,(H2,38,39,40,41)/t20?,29-/m0/s1. The van der Waals surface area contributed by atoms with Gasteiger partial charge in [0.05, 0.1) is 11.6 Å². The summed E-state index contributed by atoms with van der Waals surface area (Å²) in [5.74, 6) is 0.729. The van der Waals surface area contributed by atoms with Gasteiger partial charge in [0.25, 0.3) is 0 Å². The largest absolute Gasteiger partial charge is 0.419 e. The van der Waals surface area contributed by atoms with E-state index < -0.39 is 22.3 Å². The smallest absolute Gasteiger partial charge is 0.379 e. The number of likely N-dealkylation sites (tertiary alicyclic amines) is 1. The van der Waals surface area contributed by atoms with Crippen LogP contribution in [-0.2, 0) is 23.1 Å². The Balaban J connectivity index is 1.11. The lowest BCUT2D eigenvalue weighted by atomic mass is 10.0. The molecule has 2 saturated heterocycles. The molecule has 4 aromatic rings. The summed E-state index contributed by atoms with van der Waals surface area (Å²) in [6, 6.07) is 10.0. The van der Waals surface area contributed by atoms with Crippen LogP contribution < -0.4 is 10.6 Å². The number of aliphatic hydroxyl groups excluding tert-OH is 1. The zero-order valence-corrected chi connectivity index (χ0v) is 30.1. The van der Waals surface area contributed by atoms with Gasteiger partial charge in [0.15, 0.2) is 6.10 Å². The quantitative estimate of drug-likeness (QED) is 0.213. The molecule has 17 heteroatoms. The molecule has 270 valence electrons. The van der Waals surface area contributed by atoms with Gasteiger partial charge >= 0.3 is 6.18 Å². The molecule has 6 rings (SSSR count). The number of aryl methyl sites for hydroxylation is 1. The predicted octanol–water partition coefficient (Wildman–Crippen LogP) is 4.51. The van der Waals surface area contributed by atoms with Gasteiger partial charge in [-0.2, -0.15) is 27.7 Å². The Bertz CT molecular complexity index is 2010. The fourth-order valence-corrected chi connectivity index (χ4v) is 8.83. The van der Waals surface area contributed by atoms with Crippen LogP contribution in [-0.4, -0.2) is 113 Å². The maximum Gasteiger partial charge on any atom is 0.419 e. The van der Waals surface area contributed by atoms with Crippen LogP contribution in [0.3, 0.4) is 0 Å². The lowest BCUT2D eigenvalue weighted by molar-refractivity contribution is -0.205. The number of thiophene rings is 1. The number of piperidine rings is 1. The van der Waals surface area contributed by atoms with Crippen LogP contribution >= 0.6 is 11.3 Å². The van der Waals surface area contributed by atoms with Crippen LogP contribution in [0.5, 0.6) is 0 Å². The van der Waals surface area contributed by atoms with Crippen molar-refractivity contribution in [2.24, 2.45) is 0 Å². The maximum atomic E-state index is 13.2. The molecule has 12 nitrogen and oxygen atoms in total. The minimum Gasteiger partial charge on any atom is -0.379 e. The van der Waals surface area contributed by atoms with Gasteiger partial charge in [-0.3, -0.25) is 9.80 Å². The van der Waals surface area contributed by atoms with Gasteiger partial charge in [0.2, 0.25) is 16.0 Å². The van der Waals surface area contributed by atoms with Crippen molar-refractivity contribution in [3.05, 3.63) is 46.0 Å². The first-order valence-electron chi connectivity index (χ1n) is 16.6. The second kappa shape index (κ2) is 14.2. The molecule has 2 atom stereocenters. The lowest BCUT2D eigenvalue weighted by Crippen LogP contribution is -2.51. The highest BCUT2D eigenvalue weighted by atomic mass is 32.2. The van der Waals surface area contributed by atoms with E-state index >= 15 is 0 Å². The minimum atomic E-state index is -4.77. The van der Waals surface area contributed by atoms with Crippen molar-refractivity contribution in [3.63, 3.8) is 0 Å². The Kier molecular flexibility index (Phi) is 10.3. The molecule has 0 spiro atoms. The zero-order chi connectivity index (χ0) is 36.0. The first-order valence-corrected chi connectivity index (χ1v) is 19.3. The number of nitrogens with zero attached hydrogens (tertiary/aromatic N) is 7. The number of halogens is 3. The molecule has 2 aliphatic heterocycles.